The minimum absolute atomic E-state index is 0.138. The lowest BCUT2D eigenvalue weighted by Gasteiger charge is -2.22. The van der Waals surface area contributed by atoms with Crippen molar-refractivity contribution >= 4 is 18.0 Å². The summed E-state index contributed by atoms with van der Waals surface area (Å²) in [6.07, 6.45) is 0.251. The summed E-state index contributed by atoms with van der Waals surface area (Å²) in [6, 6.07) is -1.68. The molecule has 0 spiro atoms. The molecular formula is C11H18N2O6. The Bertz CT molecular complexity index is 338. The summed E-state index contributed by atoms with van der Waals surface area (Å²) in [6.45, 7) is 1.89. The third kappa shape index (κ3) is 5.56. The minimum Gasteiger partial charge on any atom is -0.481 e. The molecule has 1 rings (SSSR count). The lowest BCUT2D eigenvalue weighted by Crippen LogP contribution is -2.48. The normalized spacial score (nSPS) is 17.4. The molecule has 2 amide bonds. The van der Waals surface area contributed by atoms with Gasteiger partial charge in [0.1, 0.15) is 6.04 Å². The van der Waals surface area contributed by atoms with Crippen molar-refractivity contribution in [3.63, 3.8) is 0 Å². The van der Waals surface area contributed by atoms with Gasteiger partial charge in [0.05, 0.1) is 6.61 Å². The number of rotatable bonds is 5. The maximum absolute atomic E-state index is 11.9. The van der Waals surface area contributed by atoms with Crippen molar-refractivity contribution in [1.82, 2.24) is 10.2 Å². The van der Waals surface area contributed by atoms with Crippen molar-refractivity contribution in [1.29, 1.82) is 0 Å². The lowest BCUT2D eigenvalue weighted by atomic mass is 10.1. The van der Waals surface area contributed by atoms with Crippen LogP contribution in [0.1, 0.15) is 19.3 Å². The van der Waals surface area contributed by atoms with Gasteiger partial charge in [-0.1, -0.05) is 0 Å². The van der Waals surface area contributed by atoms with E-state index in [9.17, 15) is 14.4 Å². The van der Waals surface area contributed by atoms with Gasteiger partial charge in [0, 0.05) is 26.1 Å². The van der Waals surface area contributed by atoms with Crippen molar-refractivity contribution in [2.45, 2.75) is 25.3 Å². The highest BCUT2D eigenvalue weighted by Gasteiger charge is 2.24. The number of hydrogen-bond acceptors (Lipinski definition) is 4. The second-order valence-electron chi connectivity index (χ2n) is 4.23. The van der Waals surface area contributed by atoms with Gasteiger partial charge in [-0.3, -0.25) is 4.79 Å². The van der Waals surface area contributed by atoms with Crippen molar-refractivity contribution in [2.24, 2.45) is 0 Å². The van der Waals surface area contributed by atoms with E-state index in [1.165, 1.54) is 4.90 Å². The molecule has 0 unspecified atom stereocenters. The summed E-state index contributed by atoms with van der Waals surface area (Å²) in [5.74, 6) is -2.33. The smallest absolute Gasteiger partial charge is 0.326 e. The average Bonchev–Trinajstić information content (AvgIpc) is 2.62. The Morgan fingerprint density at radius 2 is 1.95 bits per heavy atom. The van der Waals surface area contributed by atoms with E-state index in [0.717, 1.165) is 0 Å². The van der Waals surface area contributed by atoms with Gasteiger partial charge in [-0.15, -0.1) is 0 Å². The first kappa shape index (κ1) is 15.2. The van der Waals surface area contributed by atoms with Gasteiger partial charge < -0.3 is 25.2 Å². The van der Waals surface area contributed by atoms with Crippen LogP contribution in [-0.4, -0.2) is 65.4 Å². The van der Waals surface area contributed by atoms with Crippen LogP contribution in [0.3, 0.4) is 0 Å². The van der Waals surface area contributed by atoms with E-state index >= 15 is 0 Å². The van der Waals surface area contributed by atoms with Gasteiger partial charge in [0.2, 0.25) is 0 Å². The first-order valence-corrected chi connectivity index (χ1v) is 6.08. The maximum Gasteiger partial charge on any atom is 0.326 e. The largest absolute Gasteiger partial charge is 0.481 e. The van der Waals surface area contributed by atoms with Crippen LogP contribution >= 0.6 is 0 Å². The molecule has 8 nitrogen and oxygen atoms in total. The molecule has 1 saturated heterocycles. The topological polar surface area (TPSA) is 116 Å². The predicted molar refractivity (Wildman–Crippen MR) is 63.8 cm³/mol. The molecule has 0 radical (unpaired) electrons. The summed E-state index contributed by atoms with van der Waals surface area (Å²) in [7, 11) is 0. The van der Waals surface area contributed by atoms with Crippen LogP contribution in [0.4, 0.5) is 4.79 Å². The fourth-order valence-electron chi connectivity index (χ4n) is 1.71. The molecule has 1 atom stereocenters. The van der Waals surface area contributed by atoms with Crippen LogP contribution < -0.4 is 5.32 Å². The number of nitrogens with one attached hydrogen (secondary N) is 1. The van der Waals surface area contributed by atoms with E-state index in [0.29, 0.717) is 32.7 Å². The van der Waals surface area contributed by atoms with E-state index in [-0.39, 0.29) is 12.8 Å². The lowest BCUT2D eigenvalue weighted by molar-refractivity contribution is -0.140. The molecule has 8 heteroatoms. The number of carboxylic acids is 2. The monoisotopic (exact) mass is 274 g/mol. The van der Waals surface area contributed by atoms with Crippen LogP contribution in [0.15, 0.2) is 0 Å². The standard InChI is InChI=1S/C11H18N2O6/c14-9(15)3-2-8(10(16)17)12-11(18)13-4-1-6-19-7-5-13/h8H,1-7H2,(H,12,18)(H,14,15)(H,16,17)/t8-/m0/s1. The number of hydrogen-bond donors (Lipinski definition) is 3. The highest BCUT2D eigenvalue weighted by molar-refractivity contribution is 5.83. The van der Waals surface area contributed by atoms with Gasteiger partial charge in [0.25, 0.3) is 0 Å². The molecule has 0 bridgehead atoms. The third-order valence-electron chi connectivity index (χ3n) is 2.75. The van der Waals surface area contributed by atoms with Crippen molar-refractivity contribution in [2.75, 3.05) is 26.3 Å². The van der Waals surface area contributed by atoms with Crippen molar-refractivity contribution in [3.05, 3.63) is 0 Å². The number of carbonyl (C=O) groups is 3. The molecule has 0 aromatic heterocycles. The van der Waals surface area contributed by atoms with Crippen LogP contribution in [0.2, 0.25) is 0 Å². The minimum atomic E-state index is -1.24. The Labute approximate surface area is 110 Å². The summed E-state index contributed by atoms with van der Waals surface area (Å²) in [5.41, 5.74) is 0. The Hall–Kier alpha value is -1.83. The summed E-state index contributed by atoms with van der Waals surface area (Å²) >= 11 is 0. The van der Waals surface area contributed by atoms with E-state index in [1.807, 2.05) is 0 Å². The Balaban J connectivity index is 2.49. The Morgan fingerprint density at radius 1 is 1.21 bits per heavy atom. The van der Waals surface area contributed by atoms with E-state index in [2.05, 4.69) is 5.32 Å². The zero-order valence-corrected chi connectivity index (χ0v) is 10.5. The average molecular weight is 274 g/mol. The predicted octanol–water partition coefficient (Wildman–Crippen LogP) is -0.264. The fraction of sp³-hybridized carbons (Fsp3) is 0.727. The zero-order valence-electron chi connectivity index (χ0n) is 10.5. The second kappa shape index (κ2) is 7.57. The number of urea groups is 1. The first-order valence-electron chi connectivity index (χ1n) is 6.08. The highest BCUT2D eigenvalue weighted by Crippen LogP contribution is 2.03. The van der Waals surface area contributed by atoms with Gasteiger partial charge >= 0.3 is 18.0 Å². The Kier molecular flexibility index (Phi) is 6.07. The molecule has 0 aliphatic carbocycles. The van der Waals surface area contributed by atoms with E-state index in [1.54, 1.807) is 0 Å². The Morgan fingerprint density at radius 3 is 2.58 bits per heavy atom. The number of ether oxygens (including phenoxy) is 1. The molecule has 19 heavy (non-hydrogen) atoms. The zero-order chi connectivity index (χ0) is 14.3. The summed E-state index contributed by atoms with van der Waals surface area (Å²) < 4.78 is 5.19. The highest BCUT2D eigenvalue weighted by atomic mass is 16.5. The van der Waals surface area contributed by atoms with Gasteiger partial charge in [-0.2, -0.15) is 0 Å². The van der Waals surface area contributed by atoms with Crippen molar-refractivity contribution < 1.29 is 29.3 Å². The number of amides is 2. The molecule has 0 aromatic rings. The molecule has 1 heterocycles. The van der Waals surface area contributed by atoms with E-state index < -0.39 is 24.0 Å². The number of carbonyl (C=O) groups excluding carboxylic acids is 1. The van der Waals surface area contributed by atoms with Crippen LogP contribution in [0.25, 0.3) is 0 Å². The van der Waals surface area contributed by atoms with Crippen LogP contribution in [-0.2, 0) is 14.3 Å². The molecule has 108 valence electrons. The molecule has 3 N–H and O–H groups in total. The fourth-order valence-corrected chi connectivity index (χ4v) is 1.71. The molecule has 0 aromatic carbocycles. The number of nitrogens with zero attached hydrogens (tertiary/aromatic N) is 1. The first-order chi connectivity index (χ1) is 9.00. The van der Waals surface area contributed by atoms with E-state index in [4.69, 9.17) is 14.9 Å². The number of aliphatic carboxylic acids is 2. The molecule has 1 aliphatic rings. The SMILES string of the molecule is O=C(O)CC[C@H](NC(=O)N1CCCOCC1)C(=O)O. The molecule has 1 aliphatic heterocycles. The molecule has 0 saturated carbocycles. The summed E-state index contributed by atoms with van der Waals surface area (Å²) in [5, 5.41) is 19.8. The molecule has 1 fully saturated rings. The molecular weight excluding hydrogens is 256 g/mol. The van der Waals surface area contributed by atoms with Crippen molar-refractivity contribution in [3.8, 4) is 0 Å². The quantitative estimate of drug-likeness (QED) is 0.636. The third-order valence-corrected chi connectivity index (χ3v) is 2.75. The maximum atomic E-state index is 11.9. The van der Waals surface area contributed by atoms with Gasteiger partial charge in [-0.05, 0) is 12.8 Å². The number of carboxylic acid groups (broad SMARTS) is 2. The second-order valence-corrected chi connectivity index (χ2v) is 4.23. The van der Waals surface area contributed by atoms with Crippen LogP contribution in [0.5, 0.6) is 0 Å². The van der Waals surface area contributed by atoms with Gasteiger partial charge in [-0.25, -0.2) is 9.59 Å². The summed E-state index contributed by atoms with van der Waals surface area (Å²) in [4.78, 5) is 34.7. The van der Waals surface area contributed by atoms with Gasteiger partial charge in [0.15, 0.2) is 0 Å². The van der Waals surface area contributed by atoms with Crippen LogP contribution in [0, 0.1) is 0 Å².